The number of hydrogen-bond donors (Lipinski definition) is 1. The lowest BCUT2D eigenvalue weighted by Gasteiger charge is -2.42. The summed E-state index contributed by atoms with van der Waals surface area (Å²) in [5.74, 6) is -8.03. The molecule has 29 heavy (non-hydrogen) atoms. The van der Waals surface area contributed by atoms with Crippen molar-refractivity contribution < 1.29 is 27.2 Å². The predicted molar refractivity (Wildman–Crippen MR) is 105 cm³/mol. The molecule has 2 unspecified atom stereocenters. The van der Waals surface area contributed by atoms with Gasteiger partial charge in [0.1, 0.15) is 0 Å². The van der Waals surface area contributed by atoms with Gasteiger partial charge < -0.3 is 5.32 Å². The van der Waals surface area contributed by atoms with Crippen LogP contribution in [-0.2, 0) is 4.79 Å². The first-order valence-electron chi connectivity index (χ1n) is 9.85. The normalized spacial score (nSPS) is 26.7. The van der Waals surface area contributed by atoms with Crippen molar-refractivity contribution in [3.05, 3.63) is 28.2 Å². The molecule has 1 aromatic carbocycles. The van der Waals surface area contributed by atoms with Gasteiger partial charge in [-0.05, 0) is 66.1 Å². The zero-order valence-corrected chi connectivity index (χ0v) is 17.7. The van der Waals surface area contributed by atoms with Gasteiger partial charge in [0, 0.05) is 36.1 Å². The Kier molecular flexibility index (Phi) is 6.41. The number of carbonyl (C=O) groups is 2. The van der Waals surface area contributed by atoms with Gasteiger partial charge in [0.2, 0.25) is 17.8 Å². The average molecular weight is 478 g/mol. The molecule has 8 heteroatoms. The van der Waals surface area contributed by atoms with Gasteiger partial charge in [-0.15, -0.1) is 0 Å². The fraction of sp³-hybridized carbons (Fsp3) is 0.619. The van der Waals surface area contributed by atoms with Gasteiger partial charge in [0.15, 0.2) is 5.78 Å². The van der Waals surface area contributed by atoms with Crippen LogP contribution in [0.25, 0.3) is 0 Å². The molecule has 0 aromatic heterocycles. The van der Waals surface area contributed by atoms with Gasteiger partial charge >= 0.3 is 0 Å². The van der Waals surface area contributed by atoms with Crippen LogP contribution in [0, 0.1) is 17.8 Å². The first kappa shape index (κ1) is 22.2. The molecule has 0 radical (unpaired) electrons. The second kappa shape index (κ2) is 8.36. The molecule has 0 heterocycles. The summed E-state index contributed by atoms with van der Waals surface area (Å²) in [6, 6.07) is 4.85. The van der Waals surface area contributed by atoms with Crippen LogP contribution in [0.2, 0.25) is 0 Å². The molecule has 1 aromatic rings. The van der Waals surface area contributed by atoms with Crippen LogP contribution in [0.15, 0.2) is 22.7 Å². The van der Waals surface area contributed by atoms with Crippen molar-refractivity contribution in [3.8, 4) is 0 Å². The lowest BCUT2D eigenvalue weighted by Crippen LogP contribution is -2.43. The summed E-state index contributed by atoms with van der Waals surface area (Å²) in [5, 5.41) is 2.65. The highest BCUT2D eigenvalue weighted by Crippen LogP contribution is 2.49. The van der Waals surface area contributed by atoms with E-state index in [0.29, 0.717) is 4.47 Å². The summed E-state index contributed by atoms with van der Waals surface area (Å²) in [6.45, 7) is 1.36. The van der Waals surface area contributed by atoms with E-state index in [2.05, 4.69) is 21.2 Å². The van der Waals surface area contributed by atoms with Crippen molar-refractivity contribution >= 4 is 33.3 Å². The Bertz CT molecular complexity index is 789. The number of amides is 1. The minimum Gasteiger partial charge on any atom is -0.325 e. The van der Waals surface area contributed by atoms with E-state index >= 15 is 0 Å². The molecule has 1 amide bonds. The van der Waals surface area contributed by atoms with Gasteiger partial charge in [0.25, 0.3) is 0 Å². The van der Waals surface area contributed by atoms with Crippen molar-refractivity contribution in [3.63, 3.8) is 0 Å². The molecule has 2 aliphatic carbocycles. The van der Waals surface area contributed by atoms with Gasteiger partial charge in [-0.25, -0.2) is 17.6 Å². The molecule has 2 saturated carbocycles. The number of alkyl halides is 4. The number of Topliss-reactive ketones (excluding diaryl/α,β-unsaturated/α-hetero) is 1. The summed E-state index contributed by atoms with van der Waals surface area (Å²) < 4.78 is 55.8. The smallest absolute Gasteiger partial charge is 0.248 e. The Morgan fingerprint density at radius 3 is 2.28 bits per heavy atom. The Balaban J connectivity index is 1.82. The van der Waals surface area contributed by atoms with Crippen molar-refractivity contribution in [1.29, 1.82) is 0 Å². The first-order valence-corrected chi connectivity index (χ1v) is 10.6. The molecule has 2 aliphatic rings. The second-order valence-corrected chi connectivity index (χ2v) is 9.12. The van der Waals surface area contributed by atoms with E-state index in [1.54, 1.807) is 18.2 Å². The topological polar surface area (TPSA) is 46.2 Å². The maximum atomic E-state index is 14.1. The van der Waals surface area contributed by atoms with Crippen molar-refractivity contribution in [2.75, 3.05) is 5.32 Å². The highest BCUT2D eigenvalue weighted by atomic mass is 79.9. The zero-order chi connectivity index (χ0) is 21.4. The van der Waals surface area contributed by atoms with Crippen molar-refractivity contribution in [2.45, 2.75) is 63.7 Å². The number of halogens is 5. The highest BCUT2D eigenvalue weighted by molar-refractivity contribution is 9.10. The van der Waals surface area contributed by atoms with E-state index in [9.17, 15) is 27.2 Å². The Labute approximate surface area is 175 Å². The van der Waals surface area contributed by atoms with E-state index in [-0.39, 0.29) is 67.4 Å². The van der Waals surface area contributed by atoms with Crippen molar-refractivity contribution in [1.82, 2.24) is 0 Å². The SMILES string of the molecule is CC(=O)c1c(Br)cccc1NC(=O)C1CC(F)(F)CCC1C1CCC(F)(F)CC1. The fourth-order valence-electron chi connectivity index (χ4n) is 4.71. The summed E-state index contributed by atoms with van der Waals surface area (Å²) >= 11 is 3.27. The van der Waals surface area contributed by atoms with Crippen LogP contribution in [-0.4, -0.2) is 23.5 Å². The maximum absolute atomic E-state index is 14.1. The molecule has 160 valence electrons. The van der Waals surface area contributed by atoms with Crippen LogP contribution >= 0.6 is 15.9 Å². The molecule has 0 bridgehead atoms. The minimum absolute atomic E-state index is 0.138. The van der Waals surface area contributed by atoms with Gasteiger partial charge in [-0.1, -0.05) is 6.07 Å². The Morgan fingerprint density at radius 2 is 1.66 bits per heavy atom. The van der Waals surface area contributed by atoms with Crippen LogP contribution in [0.4, 0.5) is 23.2 Å². The lowest BCUT2D eigenvalue weighted by atomic mass is 9.66. The third kappa shape index (κ3) is 5.19. The lowest BCUT2D eigenvalue weighted by molar-refractivity contribution is -0.136. The van der Waals surface area contributed by atoms with E-state index in [1.165, 1.54) is 6.92 Å². The maximum Gasteiger partial charge on any atom is 0.248 e. The monoisotopic (exact) mass is 477 g/mol. The molecule has 3 rings (SSSR count). The second-order valence-electron chi connectivity index (χ2n) is 8.27. The first-order chi connectivity index (χ1) is 13.5. The van der Waals surface area contributed by atoms with E-state index in [1.807, 2.05) is 0 Å². The van der Waals surface area contributed by atoms with Gasteiger partial charge in [-0.3, -0.25) is 9.59 Å². The van der Waals surface area contributed by atoms with Crippen molar-refractivity contribution in [2.24, 2.45) is 17.8 Å². The number of nitrogens with one attached hydrogen (secondary N) is 1. The van der Waals surface area contributed by atoms with E-state index in [4.69, 9.17) is 0 Å². The number of anilines is 1. The van der Waals surface area contributed by atoms with Gasteiger partial charge in [0.05, 0.1) is 11.3 Å². The molecule has 0 aliphatic heterocycles. The zero-order valence-electron chi connectivity index (χ0n) is 16.1. The predicted octanol–water partition coefficient (Wildman–Crippen LogP) is 6.47. The molecule has 2 fully saturated rings. The van der Waals surface area contributed by atoms with Crippen LogP contribution in [0.5, 0.6) is 0 Å². The Morgan fingerprint density at radius 1 is 1.03 bits per heavy atom. The molecule has 0 saturated heterocycles. The number of carbonyl (C=O) groups excluding carboxylic acids is 2. The summed E-state index contributed by atoms with van der Waals surface area (Å²) in [7, 11) is 0. The number of hydrogen-bond acceptors (Lipinski definition) is 2. The standard InChI is InChI=1S/C21H24BrF4NO2/c1-12(28)18-16(22)3-2-4-17(18)27-19(29)15-11-21(25,26)10-7-14(15)13-5-8-20(23,24)9-6-13/h2-4,13-15H,5-11H2,1H3,(H,27,29). The average Bonchev–Trinajstić information content (AvgIpc) is 2.61. The molecular weight excluding hydrogens is 454 g/mol. The van der Waals surface area contributed by atoms with E-state index in [0.717, 1.165) is 0 Å². The fourth-order valence-corrected chi connectivity index (χ4v) is 5.35. The molecule has 0 spiro atoms. The highest BCUT2D eigenvalue weighted by Gasteiger charge is 2.48. The molecule has 2 atom stereocenters. The number of ketones is 1. The Hall–Kier alpha value is -1.44. The summed E-state index contributed by atoms with van der Waals surface area (Å²) in [5.41, 5.74) is 0.539. The number of benzene rings is 1. The molecule has 3 nitrogen and oxygen atoms in total. The third-order valence-corrected chi connectivity index (χ3v) is 6.87. The third-order valence-electron chi connectivity index (χ3n) is 6.21. The summed E-state index contributed by atoms with van der Waals surface area (Å²) in [4.78, 5) is 25.0. The van der Waals surface area contributed by atoms with Gasteiger partial charge in [-0.2, -0.15) is 0 Å². The largest absolute Gasteiger partial charge is 0.325 e. The quantitative estimate of drug-likeness (QED) is 0.399. The molecular formula is C21H24BrF4NO2. The van der Waals surface area contributed by atoms with Crippen LogP contribution in [0.3, 0.4) is 0 Å². The minimum atomic E-state index is -2.96. The van der Waals surface area contributed by atoms with Crippen LogP contribution < -0.4 is 5.32 Å². The van der Waals surface area contributed by atoms with Crippen LogP contribution in [0.1, 0.15) is 62.2 Å². The van der Waals surface area contributed by atoms with E-state index < -0.39 is 30.1 Å². The number of rotatable bonds is 4. The molecule has 1 N–H and O–H groups in total. The summed E-state index contributed by atoms with van der Waals surface area (Å²) in [6.07, 6.45) is -0.841.